The smallest absolute Gasteiger partial charge is 0.232 e. The van der Waals surface area contributed by atoms with Gasteiger partial charge in [-0.15, -0.1) is 0 Å². The second kappa shape index (κ2) is 8.51. The summed E-state index contributed by atoms with van der Waals surface area (Å²) in [7, 11) is -3.54. The van der Waals surface area contributed by atoms with Gasteiger partial charge in [-0.25, -0.2) is 12.8 Å². The molecule has 0 aliphatic heterocycles. The third kappa shape index (κ3) is 5.44. The fraction of sp³-hybridized carbons (Fsp3) is 0.278. The first-order chi connectivity index (χ1) is 12.2. The fourth-order valence-corrected chi connectivity index (χ4v) is 3.63. The molecule has 140 valence electrons. The highest BCUT2D eigenvalue weighted by Gasteiger charge is 2.20. The Bertz CT molecular complexity index is 886. The van der Waals surface area contributed by atoms with Crippen LogP contribution in [0.2, 0.25) is 5.02 Å². The molecule has 0 bridgehead atoms. The second-order valence-corrected chi connectivity index (χ2v) is 8.19. The molecule has 8 heteroatoms. The molecule has 2 aromatic rings. The molecule has 0 unspecified atom stereocenters. The van der Waals surface area contributed by atoms with Crippen molar-refractivity contribution in [2.24, 2.45) is 0 Å². The maximum absolute atomic E-state index is 12.9. The number of carbonyl (C=O) groups excluding carboxylic acids is 1. The minimum Gasteiger partial charge on any atom is -0.354 e. The van der Waals surface area contributed by atoms with E-state index in [-0.39, 0.29) is 31.2 Å². The molecule has 2 aromatic carbocycles. The zero-order chi connectivity index (χ0) is 19.3. The van der Waals surface area contributed by atoms with Gasteiger partial charge < -0.3 is 5.32 Å². The molecular formula is C18H20ClFN2O3S. The molecule has 0 heterocycles. The summed E-state index contributed by atoms with van der Waals surface area (Å²) in [5.74, 6) is -0.636. The topological polar surface area (TPSA) is 66.5 Å². The van der Waals surface area contributed by atoms with E-state index in [9.17, 15) is 17.6 Å². The highest BCUT2D eigenvalue weighted by atomic mass is 35.5. The van der Waals surface area contributed by atoms with Gasteiger partial charge in [0.15, 0.2) is 0 Å². The Morgan fingerprint density at radius 2 is 1.85 bits per heavy atom. The number of amides is 1. The number of hydrogen-bond donors (Lipinski definition) is 1. The molecule has 0 spiro atoms. The molecule has 26 heavy (non-hydrogen) atoms. The van der Waals surface area contributed by atoms with Crippen molar-refractivity contribution in [3.05, 3.63) is 64.4 Å². The summed E-state index contributed by atoms with van der Waals surface area (Å²) in [5.41, 5.74) is 1.81. The van der Waals surface area contributed by atoms with Crippen molar-refractivity contribution in [3.8, 4) is 0 Å². The van der Waals surface area contributed by atoms with E-state index >= 15 is 0 Å². The van der Waals surface area contributed by atoms with E-state index < -0.39 is 10.0 Å². The Balaban J connectivity index is 2.01. The molecule has 0 radical (unpaired) electrons. The molecule has 5 nitrogen and oxygen atoms in total. The number of benzene rings is 2. The third-order valence-corrected chi connectivity index (χ3v) is 5.41. The SMILES string of the molecule is Cc1c(Cl)cccc1N(CCNC(=O)Cc1ccc(F)cc1)S(C)(=O)=O. The van der Waals surface area contributed by atoms with Crippen LogP contribution in [-0.4, -0.2) is 33.7 Å². The van der Waals surface area contributed by atoms with Crippen LogP contribution >= 0.6 is 11.6 Å². The Labute approximate surface area is 157 Å². The quantitative estimate of drug-likeness (QED) is 0.779. The summed E-state index contributed by atoms with van der Waals surface area (Å²) in [6.45, 7) is 1.96. The molecule has 2 rings (SSSR count). The molecule has 0 fully saturated rings. The van der Waals surface area contributed by atoms with Crippen molar-refractivity contribution in [1.82, 2.24) is 5.32 Å². The number of anilines is 1. The zero-order valence-corrected chi connectivity index (χ0v) is 16.1. The number of nitrogens with one attached hydrogen (secondary N) is 1. The largest absolute Gasteiger partial charge is 0.354 e. The molecule has 0 aliphatic carbocycles. The summed E-state index contributed by atoms with van der Waals surface area (Å²) < 4.78 is 38.3. The Morgan fingerprint density at radius 3 is 2.46 bits per heavy atom. The van der Waals surface area contributed by atoms with Crippen molar-refractivity contribution in [1.29, 1.82) is 0 Å². The van der Waals surface area contributed by atoms with E-state index in [0.29, 0.717) is 21.8 Å². The monoisotopic (exact) mass is 398 g/mol. The van der Waals surface area contributed by atoms with Crippen molar-refractivity contribution < 1.29 is 17.6 Å². The Hall–Kier alpha value is -2.12. The second-order valence-electron chi connectivity index (χ2n) is 5.87. The standard InChI is InChI=1S/C18H20ClFN2O3S/c1-13-16(19)4-3-5-17(13)22(26(2,24)25)11-10-21-18(23)12-14-6-8-15(20)9-7-14/h3-9H,10-12H2,1-2H3,(H,21,23). The van der Waals surface area contributed by atoms with Crippen molar-refractivity contribution in [2.75, 3.05) is 23.7 Å². The van der Waals surface area contributed by atoms with Crippen LogP contribution in [0.25, 0.3) is 0 Å². The molecule has 0 saturated carbocycles. The van der Waals surface area contributed by atoms with Crippen LogP contribution in [0, 0.1) is 12.7 Å². The average molecular weight is 399 g/mol. The lowest BCUT2D eigenvalue weighted by Gasteiger charge is -2.24. The number of hydrogen-bond acceptors (Lipinski definition) is 3. The lowest BCUT2D eigenvalue weighted by molar-refractivity contribution is -0.120. The number of rotatable bonds is 7. The van der Waals surface area contributed by atoms with Crippen LogP contribution in [0.4, 0.5) is 10.1 Å². The van der Waals surface area contributed by atoms with Gasteiger partial charge in [0.05, 0.1) is 24.9 Å². The van der Waals surface area contributed by atoms with Crippen molar-refractivity contribution >= 4 is 33.2 Å². The maximum atomic E-state index is 12.9. The minimum absolute atomic E-state index is 0.0785. The van der Waals surface area contributed by atoms with Gasteiger partial charge in [-0.1, -0.05) is 29.8 Å². The van der Waals surface area contributed by atoms with E-state index in [1.807, 2.05) is 0 Å². The summed E-state index contributed by atoms with van der Waals surface area (Å²) in [5, 5.41) is 3.15. The molecule has 0 aromatic heterocycles. The zero-order valence-electron chi connectivity index (χ0n) is 14.5. The van der Waals surface area contributed by atoms with Gasteiger partial charge in [-0.05, 0) is 42.3 Å². The summed E-state index contributed by atoms with van der Waals surface area (Å²) in [6.07, 6.45) is 1.20. The van der Waals surface area contributed by atoms with Gasteiger partial charge in [0, 0.05) is 11.6 Å². The lowest BCUT2D eigenvalue weighted by atomic mass is 10.1. The molecule has 0 saturated heterocycles. The maximum Gasteiger partial charge on any atom is 0.232 e. The molecule has 0 atom stereocenters. The highest BCUT2D eigenvalue weighted by Crippen LogP contribution is 2.27. The van der Waals surface area contributed by atoms with Crippen LogP contribution in [0.1, 0.15) is 11.1 Å². The number of nitrogens with zero attached hydrogens (tertiary/aromatic N) is 1. The van der Waals surface area contributed by atoms with Gasteiger partial charge >= 0.3 is 0 Å². The van der Waals surface area contributed by atoms with Crippen LogP contribution in [0.15, 0.2) is 42.5 Å². The van der Waals surface area contributed by atoms with Gasteiger partial charge in [-0.2, -0.15) is 0 Å². The normalized spacial score (nSPS) is 11.2. The summed E-state index contributed by atoms with van der Waals surface area (Å²) in [6, 6.07) is 10.7. The Morgan fingerprint density at radius 1 is 1.19 bits per heavy atom. The van der Waals surface area contributed by atoms with Gasteiger partial charge in [0.2, 0.25) is 15.9 Å². The lowest BCUT2D eigenvalue weighted by Crippen LogP contribution is -2.39. The van der Waals surface area contributed by atoms with E-state index in [1.54, 1.807) is 25.1 Å². The number of carbonyl (C=O) groups is 1. The van der Waals surface area contributed by atoms with Crippen molar-refractivity contribution in [3.63, 3.8) is 0 Å². The molecule has 1 amide bonds. The predicted octanol–water partition coefficient (Wildman–Crippen LogP) is 2.91. The molecular weight excluding hydrogens is 379 g/mol. The van der Waals surface area contributed by atoms with E-state index in [1.165, 1.54) is 28.6 Å². The van der Waals surface area contributed by atoms with Crippen molar-refractivity contribution in [2.45, 2.75) is 13.3 Å². The highest BCUT2D eigenvalue weighted by molar-refractivity contribution is 7.92. The fourth-order valence-electron chi connectivity index (χ4n) is 2.48. The Kier molecular flexibility index (Phi) is 6.61. The molecule has 0 aliphatic rings. The minimum atomic E-state index is -3.54. The number of sulfonamides is 1. The van der Waals surface area contributed by atoms with Gasteiger partial charge in [0.1, 0.15) is 5.82 Å². The van der Waals surface area contributed by atoms with E-state index in [0.717, 1.165) is 6.26 Å². The molecule has 1 N–H and O–H groups in total. The van der Waals surface area contributed by atoms with Crippen LogP contribution in [0.5, 0.6) is 0 Å². The van der Waals surface area contributed by atoms with Crippen LogP contribution < -0.4 is 9.62 Å². The summed E-state index contributed by atoms with van der Waals surface area (Å²) in [4.78, 5) is 12.0. The summed E-state index contributed by atoms with van der Waals surface area (Å²) >= 11 is 6.08. The van der Waals surface area contributed by atoms with Crippen LogP contribution in [-0.2, 0) is 21.2 Å². The average Bonchev–Trinajstić information content (AvgIpc) is 2.56. The van der Waals surface area contributed by atoms with E-state index in [4.69, 9.17) is 11.6 Å². The van der Waals surface area contributed by atoms with Crippen LogP contribution in [0.3, 0.4) is 0 Å². The first-order valence-corrected chi connectivity index (χ1v) is 10.1. The van der Waals surface area contributed by atoms with E-state index in [2.05, 4.69) is 5.32 Å². The van der Waals surface area contributed by atoms with Gasteiger partial charge in [0.25, 0.3) is 0 Å². The first kappa shape index (κ1) is 20.2. The predicted molar refractivity (Wildman–Crippen MR) is 101 cm³/mol. The number of halogens is 2. The van der Waals surface area contributed by atoms with Gasteiger partial charge in [-0.3, -0.25) is 9.10 Å². The third-order valence-electron chi connectivity index (χ3n) is 3.82. The first-order valence-electron chi connectivity index (χ1n) is 7.92.